The largest absolute Gasteiger partial charge is 0.454 e. The van der Waals surface area contributed by atoms with Gasteiger partial charge in [-0.2, -0.15) is 0 Å². The number of rotatable bonds is 5. The van der Waals surface area contributed by atoms with Crippen molar-refractivity contribution in [1.29, 1.82) is 0 Å². The maximum absolute atomic E-state index is 12.5. The van der Waals surface area contributed by atoms with E-state index in [2.05, 4.69) is 10.6 Å². The van der Waals surface area contributed by atoms with Crippen LogP contribution in [0.2, 0.25) is 0 Å². The monoisotopic (exact) mass is 409 g/mol. The van der Waals surface area contributed by atoms with Crippen molar-refractivity contribution in [2.45, 2.75) is 31.5 Å². The van der Waals surface area contributed by atoms with Crippen LogP contribution >= 0.6 is 0 Å². The molecular weight excluding hydrogens is 390 g/mol. The predicted molar refractivity (Wildman–Crippen MR) is 95.3 cm³/mol. The summed E-state index contributed by atoms with van der Waals surface area (Å²) >= 11 is 0. The lowest BCUT2D eigenvalue weighted by molar-refractivity contribution is -0.131. The van der Waals surface area contributed by atoms with E-state index >= 15 is 0 Å². The standard InChI is InChI=1S/C17H19N3O7S/c21-15(18-11-3-4-28(24,25)8-11)6-12-16(22)20(17(23)19-12)7-10-1-2-13-14(5-10)27-9-26-13/h1-2,5,11-12H,3-4,6-9H2,(H,18,21)(H,19,23)/t11?,12-/m0/s1. The number of carbonyl (C=O) groups is 3. The van der Waals surface area contributed by atoms with Crippen LogP contribution in [-0.4, -0.2) is 61.5 Å². The molecule has 2 saturated heterocycles. The molecule has 10 nitrogen and oxygen atoms in total. The second-order valence-corrected chi connectivity index (χ2v) is 9.21. The zero-order valence-corrected chi connectivity index (χ0v) is 15.7. The highest BCUT2D eigenvalue weighted by Gasteiger charge is 2.39. The molecule has 11 heteroatoms. The van der Waals surface area contributed by atoms with Gasteiger partial charge in [-0.1, -0.05) is 6.07 Å². The first kappa shape index (κ1) is 18.5. The lowest BCUT2D eigenvalue weighted by Crippen LogP contribution is -2.41. The fourth-order valence-electron chi connectivity index (χ4n) is 3.47. The Bertz CT molecular complexity index is 946. The number of benzene rings is 1. The maximum Gasteiger partial charge on any atom is 0.325 e. The first-order chi connectivity index (χ1) is 13.3. The summed E-state index contributed by atoms with van der Waals surface area (Å²) in [4.78, 5) is 37.9. The molecule has 2 fully saturated rings. The summed E-state index contributed by atoms with van der Waals surface area (Å²) in [7, 11) is -3.11. The van der Waals surface area contributed by atoms with Gasteiger partial charge in [-0.05, 0) is 24.1 Å². The Balaban J connectivity index is 1.35. The molecule has 0 aromatic heterocycles. The number of nitrogens with one attached hydrogen (secondary N) is 2. The number of amides is 4. The van der Waals surface area contributed by atoms with E-state index in [9.17, 15) is 22.8 Å². The van der Waals surface area contributed by atoms with Gasteiger partial charge in [0, 0.05) is 6.04 Å². The summed E-state index contributed by atoms with van der Waals surface area (Å²) in [5.74, 6) is 0.124. The topological polar surface area (TPSA) is 131 Å². The summed E-state index contributed by atoms with van der Waals surface area (Å²) in [6.45, 7) is 0.168. The van der Waals surface area contributed by atoms with Crippen molar-refractivity contribution in [1.82, 2.24) is 15.5 Å². The molecule has 0 bridgehead atoms. The highest BCUT2D eigenvalue weighted by atomic mass is 32.2. The Hall–Kier alpha value is -2.82. The van der Waals surface area contributed by atoms with Gasteiger partial charge in [-0.15, -0.1) is 0 Å². The minimum absolute atomic E-state index is 0.0420. The van der Waals surface area contributed by atoms with Crippen LogP contribution in [0.4, 0.5) is 4.79 Å². The molecule has 4 rings (SSSR count). The van der Waals surface area contributed by atoms with Crippen molar-refractivity contribution in [3.63, 3.8) is 0 Å². The number of ether oxygens (including phenoxy) is 2. The fraction of sp³-hybridized carbons (Fsp3) is 0.471. The number of urea groups is 1. The van der Waals surface area contributed by atoms with Gasteiger partial charge < -0.3 is 20.1 Å². The molecule has 28 heavy (non-hydrogen) atoms. The quantitative estimate of drug-likeness (QED) is 0.629. The molecule has 2 N–H and O–H groups in total. The normalized spacial score (nSPS) is 25.1. The molecule has 0 saturated carbocycles. The van der Waals surface area contributed by atoms with Crippen molar-refractivity contribution >= 4 is 27.7 Å². The van der Waals surface area contributed by atoms with E-state index in [-0.39, 0.29) is 31.3 Å². The van der Waals surface area contributed by atoms with Crippen LogP contribution in [0, 0.1) is 0 Å². The lowest BCUT2D eigenvalue weighted by atomic mass is 10.1. The van der Waals surface area contributed by atoms with Gasteiger partial charge >= 0.3 is 6.03 Å². The molecule has 3 aliphatic rings. The summed E-state index contributed by atoms with van der Waals surface area (Å²) in [5, 5.41) is 5.12. The third-order valence-electron chi connectivity index (χ3n) is 4.87. The van der Waals surface area contributed by atoms with E-state index in [0.717, 1.165) is 4.90 Å². The molecule has 1 aromatic rings. The predicted octanol–water partition coefficient (Wildman–Crippen LogP) is -0.471. The maximum atomic E-state index is 12.5. The van der Waals surface area contributed by atoms with Crippen LogP contribution in [-0.2, 0) is 26.0 Å². The molecule has 4 amide bonds. The van der Waals surface area contributed by atoms with Crippen molar-refractivity contribution in [2.24, 2.45) is 0 Å². The number of imide groups is 1. The zero-order valence-electron chi connectivity index (χ0n) is 14.8. The molecule has 3 heterocycles. The summed E-state index contributed by atoms with van der Waals surface area (Å²) in [6, 6.07) is 3.13. The summed E-state index contributed by atoms with van der Waals surface area (Å²) in [5.41, 5.74) is 0.689. The van der Waals surface area contributed by atoms with Crippen molar-refractivity contribution in [3.05, 3.63) is 23.8 Å². The zero-order chi connectivity index (χ0) is 19.9. The Kier molecular flexibility index (Phi) is 4.61. The van der Waals surface area contributed by atoms with Gasteiger partial charge in [0.1, 0.15) is 6.04 Å². The first-order valence-corrected chi connectivity index (χ1v) is 10.6. The Morgan fingerprint density at radius 1 is 1.25 bits per heavy atom. The molecule has 1 aromatic carbocycles. The summed E-state index contributed by atoms with van der Waals surface area (Å²) in [6.07, 6.45) is 0.119. The van der Waals surface area contributed by atoms with Gasteiger partial charge in [0.25, 0.3) is 5.91 Å². The molecule has 0 aliphatic carbocycles. The smallest absolute Gasteiger partial charge is 0.325 e. The minimum Gasteiger partial charge on any atom is -0.454 e. The van der Waals surface area contributed by atoms with Crippen LogP contribution < -0.4 is 20.1 Å². The Morgan fingerprint density at radius 3 is 2.79 bits per heavy atom. The molecule has 2 atom stereocenters. The number of fused-ring (bicyclic) bond motifs is 1. The molecular formula is C17H19N3O7S. The number of sulfone groups is 1. The van der Waals surface area contributed by atoms with Gasteiger partial charge in [0.15, 0.2) is 21.3 Å². The van der Waals surface area contributed by atoms with Crippen LogP contribution in [0.15, 0.2) is 18.2 Å². The van der Waals surface area contributed by atoms with E-state index in [0.29, 0.717) is 23.5 Å². The highest BCUT2D eigenvalue weighted by Crippen LogP contribution is 2.33. The van der Waals surface area contributed by atoms with Crippen molar-refractivity contribution < 1.29 is 32.3 Å². The average molecular weight is 409 g/mol. The second-order valence-electron chi connectivity index (χ2n) is 6.99. The van der Waals surface area contributed by atoms with Gasteiger partial charge in [-0.25, -0.2) is 13.2 Å². The Morgan fingerprint density at radius 2 is 2.04 bits per heavy atom. The SMILES string of the molecule is O=C(C[C@@H]1NC(=O)N(Cc2ccc3c(c2)OCO3)C1=O)NC1CCS(=O)(=O)C1. The number of hydrogen-bond donors (Lipinski definition) is 2. The van der Waals surface area contributed by atoms with Crippen LogP contribution in [0.5, 0.6) is 11.5 Å². The van der Waals surface area contributed by atoms with E-state index in [1.165, 1.54) is 0 Å². The molecule has 1 unspecified atom stereocenters. The lowest BCUT2D eigenvalue weighted by Gasteiger charge is -2.14. The molecule has 150 valence electrons. The molecule has 0 spiro atoms. The highest BCUT2D eigenvalue weighted by molar-refractivity contribution is 7.91. The van der Waals surface area contributed by atoms with Gasteiger partial charge in [0.05, 0.1) is 24.5 Å². The van der Waals surface area contributed by atoms with E-state index in [1.54, 1.807) is 18.2 Å². The second kappa shape index (κ2) is 6.97. The number of carbonyl (C=O) groups excluding carboxylic acids is 3. The molecule has 3 aliphatic heterocycles. The van der Waals surface area contributed by atoms with E-state index < -0.39 is 39.8 Å². The van der Waals surface area contributed by atoms with Gasteiger partial charge in [0.2, 0.25) is 12.7 Å². The van der Waals surface area contributed by atoms with Crippen LogP contribution in [0.3, 0.4) is 0 Å². The van der Waals surface area contributed by atoms with Gasteiger partial charge in [-0.3, -0.25) is 14.5 Å². The van der Waals surface area contributed by atoms with E-state index in [4.69, 9.17) is 9.47 Å². The third-order valence-corrected chi connectivity index (χ3v) is 6.64. The van der Waals surface area contributed by atoms with E-state index in [1.807, 2.05) is 0 Å². The third kappa shape index (κ3) is 3.75. The van der Waals surface area contributed by atoms with Crippen LogP contribution in [0.1, 0.15) is 18.4 Å². The average Bonchev–Trinajstić information content (AvgIpc) is 3.29. The number of nitrogens with zero attached hydrogens (tertiary/aromatic N) is 1. The van der Waals surface area contributed by atoms with Crippen molar-refractivity contribution in [3.8, 4) is 11.5 Å². The van der Waals surface area contributed by atoms with Crippen LogP contribution in [0.25, 0.3) is 0 Å². The molecule has 0 radical (unpaired) electrons. The minimum atomic E-state index is -3.11. The number of hydrogen-bond acceptors (Lipinski definition) is 7. The fourth-order valence-corrected chi connectivity index (χ4v) is 5.14. The summed E-state index contributed by atoms with van der Waals surface area (Å²) < 4.78 is 33.4. The Labute approximate surface area is 161 Å². The van der Waals surface area contributed by atoms with Crippen molar-refractivity contribution in [2.75, 3.05) is 18.3 Å². The first-order valence-electron chi connectivity index (χ1n) is 8.81.